The Labute approximate surface area is 121 Å². The fourth-order valence-electron chi connectivity index (χ4n) is 2.37. The number of carbonyl (C=O) groups is 1. The van der Waals surface area contributed by atoms with Gasteiger partial charge in [-0.25, -0.2) is 4.79 Å². The van der Waals surface area contributed by atoms with Crippen LogP contribution in [0.3, 0.4) is 0 Å². The van der Waals surface area contributed by atoms with Crippen molar-refractivity contribution in [3.05, 3.63) is 54.3 Å². The number of furan rings is 1. The molecule has 1 aromatic heterocycles. The summed E-state index contributed by atoms with van der Waals surface area (Å²) < 4.78 is 15.8. The van der Waals surface area contributed by atoms with E-state index >= 15 is 0 Å². The van der Waals surface area contributed by atoms with Gasteiger partial charge in [0.15, 0.2) is 5.75 Å². The average Bonchev–Trinajstić information content (AvgIpc) is 2.93. The zero-order valence-electron chi connectivity index (χ0n) is 11.8. The highest BCUT2D eigenvalue weighted by atomic mass is 16.5. The molecule has 0 radical (unpaired) electrons. The Kier molecular flexibility index (Phi) is 3.36. The standard InChI is InChI=1S/C17H14O4/c1-19-15-13-10-6-9-12(11-7-4-3-5-8-11)14(13)21-16(15)17(18)20-2/h3-10H,1-2H3. The van der Waals surface area contributed by atoms with Crippen molar-refractivity contribution >= 4 is 16.9 Å². The van der Waals surface area contributed by atoms with Crippen LogP contribution in [0.15, 0.2) is 52.9 Å². The third-order valence-electron chi connectivity index (χ3n) is 3.33. The number of hydrogen-bond acceptors (Lipinski definition) is 4. The lowest BCUT2D eigenvalue weighted by molar-refractivity contribution is 0.0563. The molecular formula is C17H14O4. The summed E-state index contributed by atoms with van der Waals surface area (Å²) in [6.07, 6.45) is 0. The molecule has 0 aliphatic heterocycles. The second kappa shape index (κ2) is 5.32. The molecule has 4 heteroatoms. The van der Waals surface area contributed by atoms with E-state index in [1.807, 2.05) is 48.5 Å². The van der Waals surface area contributed by atoms with Crippen LogP contribution in [-0.4, -0.2) is 20.2 Å². The second-order valence-corrected chi connectivity index (χ2v) is 4.50. The molecule has 0 aliphatic rings. The Balaban J connectivity index is 2.30. The highest BCUT2D eigenvalue weighted by Gasteiger charge is 2.23. The molecule has 0 amide bonds. The van der Waals surface area contributed by atoms with Gasteiger partial charge < -0.3 is 13.9 Å². The van der Waals surface area contributed by atoms with Crippen molar-refractivity contribution < 1.29 is 18.7 Å². The summed E-state index contributed by atoms with van der Waals surface area (Å²) in [7, 11) is 2.82. The quantitative estimate of drug-likeness (QED) is 0.684. The van der Waals surface area contributed by atoms with E-state index in [0.29, 0.717) is 11.3 Å². The van der Waals surface area contributed by atoms with E-state index in [1.165, 1.54) is 14.2 Å². The molecule has 0 spiro atoms. The van der Waals surface area contributed by atoms with Crippen LogP contribution in [-0.2, 0) is 4.74 Å². The number of esters is 1. The largest absolute Gasteiger partial charge is 0.492 e. The van der Waals surface area contributed by atoms with Crippen molar-refractivity contribution in [1.29, 1.82) is 0 Å². The lowest BCUT2D eigenvalue weighted by atomic mass is 10.0. The van der Waals surface area contributed by atoms with E-state index in [2.05, 4.69) is 0 Å². The van der Waals surface area contributed by atoms with Crippen LogP contribution in [0, 0.1) is 0 Å². The van der Waals surface area contributed by atoms with E-state index in [0.717, 1.165) is 16.5 Å². The van der Waals surface area contributed by atoms with E-state index in [1.54, 1.807) is 0 Å². The maximum absolute atomic E-state index is 11.8. The fraction of sp³-hybridized carbons (Fsp3) is 0.118. The van der Waals surface area contributed by atoms with Crippen molar-refractivity contribution in [2.45, 2.75) is 0 Å². The number of rotatable bonds is 3. The molecule has 106 valence electrons. The van der Waals surface area contributed by atoms with Crippen LogP contribution in [0.25, 0.3) is 22.1 Å². The molecule has 21 heavy (non-hydrogen) atoms. The van der Waals surface area contributed by atoms with Crippen LogP contribution in [0.4, 0.5) is 0 Å². The van der Waals surface area contributed by atoms with E-state index in [9.17, 15) is 4.79 Å². The van der Waals surface area contributed by atoms with Gasteiger partial charge in [-0.05, 0) is 11.6 Å². The zero-order chi connectivity index (χ0) is 14.8. The Morgan fingerprint density at radius 3 is 2.43 bits per heavy atom. The van der Waals surface area contributed by atoms with Gasteiger partial charge in [0, 0.05) is 5.56 Å². The topological polar surface area (TPSA) is 48.7 Å². The molecule has 0 atom stereocenters. The number of fused-ring (bicyclic) bond motifs is 1. The number of benzene rings is 2. The van der Waals surface area contributed by atoms with Gasteiger partial charge >= 0.3 is 5.97 Å². The van der Waals surface area contributed by atoms with Gasteiger partial charge in [-0.3, -0.25) is 0 Å². The maximum Gasteiger partial charge on any atom is 0.377 e. The first-order valence-electron chi connectivity index (χ1n) is 6.49. The van der Waals surface area contributed by atoms with Crippen LogP contribution >= 0.6 is 0 Å². The first-order valence-corrected chi connectivity index (χ1v) is 6.49. The predicted molar refractivity (Wildman–Crippen MR) is 79.5 cm³/mol. The number of hydrogen-bond donors (Lipinski definition) is 0. The van der Waals surface area contributed by atoms with Gasteiger partial charge in [0.25, 0.3) is 5.76 Å². The number of ether oxygens (including phenoxy) is 2. The van der Waals surface area contributed by atoms with Crippen molar-refractivity contribution in [3.8, 4) is 16.9 Å². The highest BCUT2D eigenvalue weighted by Crippen LogP contribution is 2.38. The number of carbonyl (C=O) groups excluding carboxylic acids is 1. The lowest BCUT2D eigenvalue weighted by Crippen LogP contribution is -2.01. The van der Waals surface area contributed by atoms with Gasteiger partial charge in [0.05, 0.1) is 19.6 Å². The summed E-state index contributed by atoms with van der Waals surface area (Å²) in [5.41, 5.74) is 2.53. The smallest absolute Gasteiger partial charge is 0.377 e. The molecule has 0 saturated carbocycles. The molecule has 0 N–H and O–H groups in total. The molecule has 0 unspecified atom stereocenters. The van der Waals surface area contributed by atoms with Gasteiger partial charge in [-0.2, -0.15) is 0 Å². The van der Waals surface area contributed by atoms with Crippen molar-refractivity contribution in [1.82, 2.24) is 0 Å². The molecule has 3 aromatic rings. The first kappa shape index (κ1) is 13.2. The van der Waals surface area contributed by atoms with Crippen molar-refractivity contribution in [2.24, 2.45) is 0 Å². The summed E-state index contributed by atoms with van der Waals surface area (Å²) in [6, 6.07) is 15.5. The van der Waals surface area contributed by atoms with Gasteiger partial charge in [-0.1, -0.05) is 42.5 Å². The predicted octanol–water partition coefficient (Wildman–Crippen LogP) is 3.90. The van der Waals surface area contributed by atoms with Gasteiger partial charge in [-0.15, -0.1) is 0 Å². The molecule has 0 aliphatic carbocycles. The second-order valence-electron chi connectivity index (χ2n) is 4.50. The minimum atomic E-state index is -0.554. The molecule has 0 saturated heterocycles. The summed E-state index contributed by atoms with van der Waals surface area (Å²) >= 11 is 0. The van der Waals surface area contributed by atoms with E-state index in [4.69, 9.17) is 13.9 Å². The van der Waals surface area contributed by atoms with E-state index in [-0.39, 0.29) is 5.76 Å². The average molecular weight is 282 g/mol. The van der Waals surface area contributed by atoms with E-state index < -0.39 is 5.97 Å². The van der Waals surface area contributed by atoms with Crippen molar-refractivity contribution in [3.63, 3.8) is 0 Å². The fourth-order valence-corrected chi connectivity index (χ4v) is 2.37. The Bertz CT molecular complexity index is 787. The van der Waals surface area contributed by atoms with Crippen LogP contribution in [0.1, 0.15) is 10.6 Å². The first-order chi connectivity index (χ1) is 10.3. The molecule has 0 fully saturated rings. The number of methoxy groups -OCH3 is 2. The normalized spacial score (nSPS) is 10.6. The minimum Gasteiger partial charge on any atom is -0.492 e. The van der Waals surface area contributed by atoms with Crippen molar-refractivity contribution in [2.75, 3.05) is 14.2 Å². The highest BCUT2D eigenvalue weighted by molar-refractivity contribution is 6.03. The zero-order valence-corrected chi connectivity index (χ0v) is 11.8. The Hall–Kier alpha value is -2.75. The lowest BCUT2D eigenvalue weighted by Gasteiger charge is -2.02. The Morgan fingerprint density at radius 2 is 1.76 bits per heavy atom. The molecular weight excluding hydrogens is 268 g/mol. The molecule has 4 nitrogen and oxygen atoms in total. The monoisotopic (exact) mass is 282 g/mol. The summed E-state index contributed by atoms with van der Waals surface area (Å²) in [4.78, 5) is 11.8. The maximum atomic E-state index is 11.8. The van der Waals surface area contributed by atoms with Crippen LogP contribution in [0.2, 0.25) is 0 Å². The SMILES string of the molecule is COC(=O)c1oc2c(-c3ccccc3)cccc2c1OC. The van der Waals surface area contributed by atoms with Gasteiger partial charge in [0.2, 0.25) is 0 Å². The third kappa shape index (κ3) is 2.14. The summed E-state index contributed by atoms with van der Waals surface area (Å²) in [5, 5.41) is 0.749. The van der Waals surface area contributed by atoms with Crippen LogP contribution in [0.5, 0.6) is 5.75 Å². The molecule has 0 bridgehead atoms. The minimum absolute atomic E-state index is 0.0818. The molecule has 1 heterocycles. The van der Waals surface area contributed by atoms with Crippen LogP contribution < -0.4 is 4.74 Å². The summed E-state index contributed by atoms with van der Waals surface area (Å²) in [6.45, 7) is 0. The number of para-hydroxylation sites is 1. The molecule has 3 rings (SSSR count). The Morgan fingerprint density at radius 1 is 1.00 bits per heavy atom. The third-order valence-corrected chi connectivity index (χ3v) is 3.33. The summed E-state index contributed by atoms with van der Waals surface area (Å²) in [5.74, 6) is -0.0740. The molecule has 2 aromatic carbocycles. The van der Waals surface area contributed by atoms with Gasteiger partial charge in [0.1, 0.15) is 5.58 Å².